The maximum absolute atomic E-state index is 5.07. The predicted octanol–water partition coefficient (Wildman–Crippen LogP) is 2.96. The van der Waals surface area contributed by atoms with Gasteiger partial charge in [0.05, 0.1) is 7.11 Å². The molecule has 0 bridgehead atoms. The van der Waals surface area contributed by atoms with Crippen LogP contribution in [0.2, 0.25) is 0 Å². The van der Waals surface area contributed by atoms with Crippen LogP contribution >= 0.6 is 11.3 Å². The van der Waals surface area contributed by atoms with Gasteiger partial charge in [-0.2, -0.15) is 0 Å². The van der Waals surface area contributed by atoms with Crippen molar-refractivity contribution in [2.45, 2.75) is 19.4 Å². The SMILES string of the molecule is CNC(Cc1ccc(OC)nc1)c1ccsc1C. The van der Waals surface area contributed by atoms with Crippen LogP contribution in [0, 0.1) is 6.92 Å². The molecule has 1 atom stereocenters. The van der Waals surface area contributed by atoms with E-state index < -0.39 is 0 Å². The van der Waals surface area contributed by atoms with Crippen molar-refractivity contribution in [2.75, 3.05) is 14.2 Å². The minimum absolute atomic E-state index is 0.339. The molecule has 2 rings (SSSR count). The van der Waals surface area contributed by atoms with E-state index in [1.54, 1.807) is 18.4 Å². The molecule has 18 heavy (non-hydrogen) atoms. The fourth-order valence-corrected chi connectivity index (χ4v) is 2.78. The van der Waals surface area contributed by atoms with E-state index in [0.717, 1.165) is 6.42 Å². The van der Waals surface area contributed by atoms with Crippen LogP contribution in [0.4, 0.5) is 0 Å². The van der Waals surface area contributed by atoms with Gasteiger partial charge in [-0.25, -0.2) is 4.98 Å². The normalized spacial score (nSPS) is 12.4. The summed E-state index contributed by atoms with van der Waals surface area (Å²) in [6, 6.07) is 6.50. The van der Waals surface area contributed by atoms with Crippen LogP contribution < -0.4 is 10.1 Å². The third-order valence-corrected chi connectivity index (χ3v) is 3.93. The average molecular weight is 262 g/mol. The highest BCUT2D eigenvalue weighted by Gasteiger charge is 2.13. The van der Waals surface area contributed by atoms with Gasteiger partial charge in [-0.3, -0.25) is 0 Å². The molecule has 1 N–H and O–H groups in total. The Hall–Kier alpha value is -1.39. The molecule has 0 saturated carbocycles. The number of aryl methyl sites for hydroxylation is 1. The zero-order chi connectivity index (χ0) is 13.0. The lowest BCUT2D eigenvalue weighted by molar-refractivity contribution is 0.397. The Morgan fingerprint density at radius 1 is 1.39 bits per heavy atom. The summed E-state index contributed by atoms with van der Waals surface area (Å²) in [5, 5.41) is 5.51. The van der Waals surface area contributed by atoms with E-state index in [-0.39, 0.29) is 0 Å². The van der Waals surface area contributed by atoms with Gasteiger partial charge in [0, 0.05) is 23.2 Å². The number of hydrogen-bond acceptors (Lipinski definition) is 4. The van der Waals surface area contributed by atoms with Crippen molar-refractivity contribution in [3.8, 4) is 5.88 Å². The largest absolute Gasteiger partial charge is 0.481 e. The van der Waals surface area contributed by atoms with E-state index in [9.17, 15) is 0 Å². The number of pyridine rings is 1. The van der Waals surface area contributed by atoms with Crippen LogP contribution in [-0.2, 0) is 6.42 Å². The number of nitrogens with one attached hydrogen (secondary N) is 1. The molecular formula is C14H18N2OS. The summed E-state index contributed by atoms with van der Waals surface area (Å²) < 4.78 is 5.07. The number of thiophene rings is 1. The van der Waals surface area contributed by atoms with Gasteiger partial charge in [0.2, 0.25) is 5.88 Å². The smallest absolute Gasteiger partial charge is 0.212 e. The lowest BCUT2D eigenvalue weighted by Crippen LogP contribution is -2.19. The molecule has 3 nitrogen and oxygen atoms in total. The van der Waals surface area contributed by atoms with E-state index in [1.165, 1.54) is 16.0 Å². The Morgan fingerprint density at radius 2 is 2.22 bits per heavy atom. The van der Waals surface area contributed by atoms with E-state index in [1.807, 2.05) is 19.3 Å². The summed E-state index contributed by atoms with van der Waals surface area (Å²) in [6.07, 6.45) is 2.82. The van der Waals surface area contributed by atoms with E-state index in [2.05, 4.69) is 34.7 Å². The quantitative estimate of drug-likeness (QED) is 0.899. The fraction of sp³-hybridized carbons (Fsp3) is 0.357. The first kappa shape index (κ1) is 13.1. The molecule has 0 spiro atoms. The maximum atomic E-state index is 5.07. The third kappa shape index (κ3) is 2.89. The number of nitrogens with zero attached hydrogens (tertiary/aromatic N) is 1. The van der Waals surface area contributed by atoms with Crippen molar-refractivity contribution < 1.29 is 4.74 Å². The van der Waals surface area contributed by atoms with Gasteiger partial charge in [-0.15, -0.1) is 11.3 Å². The number of rotatable bonds is 5. The summed E-state index contributed by atoms with van der Waals surface area (Å²) in [6.45, 7) is 2.16. The van der Waals surface area contributed by atoms with Crippen molar-refractivity contribution in [3.63, 3.8) is 0 Å². The molecule has 0 aliphatic carbocycles. The van der Waals surface area contributed by atoms with Gasteiger partial charge in [0.1, 0.15) is 0 Å². The Labute approximate surface area is 112 Å². The number of methoxy groups -OCH3 is 1. The molecule has 0 amide bonds. The number of aromatic nitrogens is 1. The minimum atomic E-state index is 0.339. The van der Waals surface area contributed by atoms with Crippen LogP contribution in [0.3, 0.4) is 0 Å². The standard InChI is InChI=1S/C14H18N2OS/c1-10-12(6-7-18-10)13(15-2)8-11-4-5-14(17-3)16-9-11/h4-7,9,13,15H,8H2,1-3H3. The molecule has 96 valence electrons. The number of ether oxygens (including phenoxy) is 1. The maximum Gasteiger partial charge on any atom is 0.212 e. The topological polar surface area (TPSA) is 34.1 Å². The lowest BCUT2D eigenvalue weighted by Gasteiger charge is -2.16. The first-order valence-corrected chi connectivity index (χ1v) is 6.82. The molecule has 0 aliphatic heterocycles. The molecule has 2 heterocycles. The summed E-state index contributed by atoms with van der Waals surface area (Å²) in [7, 11) is 3.63. The average Bonchev–Trinajstić information content (AvgIpc) is 2.83. The Balaban J connectivity index is 2.13. The second-order valence-electron chi connectivity index (χ2n) is 4.19. The molecule has 0 fully saturated rings. The summed E-state index contributed by atoms with van der Waals surface area (Å²) >= 11 is 1.79. The summed E-state index contributed by atoms with van der Waals surface area (Å²) in [4.78, 5) is 5.61. The van der Waals surface area contributed by atoms with Crippen LogP contribution in [0.1, 0.15) is 22.0 Å². The van der Waals surface area contributed by atoms with Gasteiger partial charge in [-0.1, -0.05) is 6.07 Å². The molecule has 1 unspecified atom stereocenters. The Kier molecular flexibility index (Phi) is 4.33. The van der Waals surface area contributed by atoms with Crippen molar-refractivity contribution >= 4 is 11.3 Å². The first-order valence-electron chi connectivity index (χ1n) is 5.94. The second kappa shape index (κ2) is 5.98. The van der Waals surface area contributed by atoms with Crippen LogP contribution in [0.15, 0.2) is 29.8 Å². The van der Waals surface area contributed by atoms with Crippen molar-refractivity contribution in [1.82, 2.24) is 10.3 Å². The van der Waals surface area contributed by atoms with Crippen LogP contribution in [0.25, 0.3) is 0 Å². The zero-order valence-corrected chi connectivity index (χ0v) is 11.8. The number of likely N-dealkylation sites (N-methyl/N-ethyl adjacent to an activating group) is 1. The molecule has 0 aromatic carbocycles. The van der Waals surface area contributed by atoms with Gasteiger partial charge in [-0.05, 0) is 43.0 Å². The Morgan fingerprint density at radius 3 is 2.72 bits per heavy atom. The highest BCUT2D eigenvalue weighted by molar-refractivity contribution is 7.10. The van der Waals surface area contributed by atoms with E-state index in [4.69, 9.17) is 4.74 Å². The highest BCUT2D eigenvalue weighted by atomic mass is 32.1. The Bertz CT molecular complexity index is 493. The van der Waals surface area contributed by atoms with Gasteiger partial charge in [0.15, 0.2) is 0 Å². The van der Waals surface area contributed by atoms with Crippen molar-refractivity contribution in [1.29, 1.82) is 0 Å². The van der Waals surface area contributed by atoms with E-state index in [0.29, 0.717) is 11.9 Å². The zero-order valence-electron chi connectivity index (χ0n) is 10.9. The highest BCUT2D eigenvalue weighted by Crippen LogP contribution is 2.25. The lowest BCUT2D eigenvalue weighted by atomic mass is 10.0. The molecule has 0 saturated heterocycles. The first-order chi connectivity index (χ1) is 8.74. The minimum Gasteiger partial charge on any atom is -0.481 e. The van der Waals surface area contributed by atoms with Gasteiger partial charge < -0.3 is 10.1 Å². The predicted molar refractivity (Wildman–Crippen MR) is 75.3 cm³/mol. The van der Waals surface area contributed by atoms with Crippen LogP contribution in [-0.4, -0.2) is 19.1 Å². The monoisotopic (exact) mass is 262 g/mol. The van der Waals surface area contributed by atoms with Gasteiger partial charge in [0.25, 0.3) is 0 Å². The van der Waals surface area contributed by atoms with E-state index >= 15 is 0 Å². The fourth-order valence-electron chi connectivity index (χ4n) is 2.01. The van der Waals surface area contributed by atoms with Crippen molar-refractivity contribution in [3.05, 3.63) is 45.8 Å². The second-order valence-corrected chi connectivity index (χ2v) is 5.31. The molecule has 0 radical (unpaired) electrons. The molecule has 2 aromatic rings. The summed E-state index contributed by atoms with van der Waals surface area (Å²) in [5.74, 6) is 0.659. The summed E-state index contributed by atoms with van der Waals surface area (Å²) in [5.41, 5.74) is 2.58. The third-order valence-electron chi connectivity index (χ3n) is 3.07. The van der Waals surface area contributed by atoms with Crippen molar-refractivity contribution in [2.24, 2.45) is 0 Å². The molecule has 2 aromatic heterocycles. The molecular weight excluding hydrogens is 244 g/mol. The van der Waals surface area contributed by atoms with Crippen LogP contribution in [0.5, 0.6) is 5.88 Å². The van der Waals surface area contributed by atoms with Gasteiger partial charge >= 0.3 is 0 Å². The molecule has 4 heteroatoms. The number of hydrogen-bond donors (Lipinski definition) is 1. The molecule has 0 aliphatic rings.